The van der Waals surface area contributed by atoms with Gasteiger partial charge in [-0.3, -0.25) is 0 Å². The summed E-state index contributed by atoms with van der Waals surface area (Å²) in [4.78, 5) is 7.40. The zero-order valence-corrected chi connectivity index (χ0v) is 20.9. The van der Waals surface area contributed by atoms with Crippen LogP contribution >= 0.6 is 0 Å². The van der Waals surface area contributed by atoms with Gasteiger partial charge in [-0.2, -0.15) is 0 Å². The molecule has 2 nitrogen and oxygen atoms in total. The van der Waals surface area contributed by atoms with Gasteiger partial charge in [0.05, 0.1) is 23.5 Å². The van der Waals surface area contributed by atoms with Crippen molar-refractivity contribution in [3.63, 3.8) is 0 Å². The molecule has 0 radical (unpaired) electrons. The van der Waals surface area contributed by atoms with Gasteiger partial charge in [0.25, 0.3) is 0 Å². The number of halogens is 1. The molecule has 2 aliphatic heterocycles. The predicted octanol–water partition coefficient (Wildman–Crippen LogP) is 8.19. The summed E-state index contributed by atoms with van der Waals surface area (Å²) in [5, 5.41) is 1.20. The first kappa shape index (κ1) is 23.5. The Morgan fingerprint density at radius 3 is 2.58 bits per heavy atom. The molecular weight excluding hydrogens is 407 g/mol. The Bertz CT molecular complexity index is 1200. The van der Waals surface area contributed by atoms with Gasteiger partial charge in [-0.05, 0) is 72.9 Å². The summed E-state index contributed by atoms with van der Waals surface area (Å²) >= 11 is 0. The lowest BCUT2D eigenvalue weighted by molar-refractivity contribution is 0.499. The zero-order chi connectivity index (χ0) is 23.9. The van der Waals surface area contributed by atoms with E-state index in [2.05, 4.69) is 44.1 Å². The van der Waals surface area contributed by atoms with Gasteiger partial charge >= 0.3 is 0 Å². The van der Waals surface area contributed by atoms with Crippen LogP contribution < -0.4 is 0 Å². The van der Waals surface area contributed by atoms with Crippen LogP contribution in [0.2, 0.25) is 0 Å². The minimum atomic E-state index is -0.136. The van der Waals surface area contributed by atoms with Crippen molar-refractivity contribution in [3.05, 3.63) is 82.0 Å². The van der Waals surface area contributed by atoms with E-state index < -0.39 is 0 Å². The molecule has 1 aromatic heterocycles. The average Bonchev–Trinajstić information content (AvgIpc) is 3.21. The highest BCUT2D eigenvalue weighted by Crippen LogP contribution is 2.47. The Balaban J connectivity index is 0.00000126. The molecule has 1 aliphatic carbocycles. The number of hydrogen-bond acceptors (Lipinski definition) is 2. The molecule has 3 aliphatic rings. The molecule has 174 valence electrons. The van der Waals surface area contributed by atoms with Crippen LogP contribution in [0.3, 0.4) is 0 Å². The third-order valence-corrected chi connectivity index (χ3v) is 7.46. The Kier molecular flexibility index (Phi) is 6.61. The molecular formula is C30H37FN2. The van der Waals surface area contributed by atoms with E-state index in [1.807, 2.05) is 20.8 Å². The third-order valence-electron chi connectivity index (χ3n) is 7.46. The van der Waals surface area contributed by atoms with E-state index in [1.54, 1.807) is 6.07 Å². The van der Waals surface area contributed by atoms with Gasteiger partial charge in [0, 0.05) is 28.6 Å². The molecule has 3 heteroatoms. The zero-order valence-electron chi connectivity index (χ0n) is 20.9. The highest BCUT2D eigenvalue weighted by molar-refractivity contribution is 5.92. The minimum Gasteiger partial charge on any atom is -0.335 e. The van der Waals surface area contributed by atoms with Gasteiger partial charge in [0.2, 0.25) is 0 Å². The molecule has 1 aromatic carbocycles. The van der Waals surface area contributed by atoms with Crippen molar-refractivity contribution in [2.75, 3.05) is 0 Å². The number of nitrogens with zero attached hydrogens (tertiary/aromatic N) is 2. The van der Waals surface area contributed by atoms with Gasteiger partial charge in [0.1, 0.15) is 5.82 Å². The molecule has 33 heavy (non-hydrogen) atoms. The Morgan fingerprint density at radius 2 is 1.91 bits per heavy atom. The van der Waals surface area contributed by atoms with Crippen molar-refractivity contribution < 1.29 is 4.39 Å². The van der Waals surface area contributed by atoms with Gasteiger partial charge in [-0.1, -0.05) is 46.8 Å². The van der Waals surface area contributed by atoms with E-state index >= 15 is 0 Å². The van der Waals surface area contributed by atoms with Gasteiger partial charge in [0.15, 0.2) is 0 Å². The van der Waals surface area contributed by atoms with Crippen LogP contribution in [0.4, 0.5) is 4.39 Å². The molecule has 0 amide bonds. The Morgan fingerprint density at radius 1 is 1.18 bits per heavy atom. The van der Waals surface area contributed by atoms with Crippen LogP contribution in [-0.2, 0) is 19.4 Å². The fraction of sp³-hybridized carbons (Fsp3) is 0.433. The molecule has 0 fully saturated rings. The van der Waals surface area contributed by atoms with Gasteiger partial charge in [-0.15, -0.1) is 6.58 Å². The van der Waals surface area contributed by atoms with Crippen molar-refractivity contribution >= 4 is 16.6 Å². The van der Waals surface area contributed by atoms with Crippen molar-refractivity contribution in [2.45, 2.75) is 79.7 Å². The lowest BCUT2D eigenvalue weighted by atomic mass is 9.84. The van der Waals surface area contributed by atoms with Crippen molar-refractivity contribution in [1.82, 2.24) is 9.88 Å². The second kappa shape index (κ2) is 9.29. The van der Waals surface area contributed by atoms with E-state index in [0.717, 1.165) is 78.8 Å². The summed E-state index contributed by atoms with van der Waals surface area (Å²) in [5.41, 5.74) is 11.4. The van der Waals surface area contributed by atoms with Crippen LogP contribution in [0, 0.1) is 18.7 Å². The van der Waals surface area contributed by atoms with Crippen LogP contribution in [0.5, 0.6) is 0 Å². The van der Waals surface area contributed by atoms with Crippen LogP contribution in [0.1, 0.15) is 81.3 Å². The van der Waals surface area contributed by atoms with Crippen molar-refractivity contribution in [2.24, 2.45) is 5.92 Å². The van der Waals surface area contributed by atoms with Crippen molar-refractivity contribution in [3.8, 4) is 0 Å². The lowest BCUT2D eigenvalue weighted by Gasteiger charge is -2.32. The lowest BCUT2D eigenvalue weighted by Crippen LogP contribution is -2.22. The summed E-state index contributed by atoms with van der Waals surface area (Å²) in [7, 11) is 0. The van der Waals surface area contributed by atoms with E-state index in [-0.39, 0.29) is 5.82 Å². The van der Waals surface area contributed by atoms with Crippen LogP contribution in [-0.4, -0.2) is 9.88 Å². The summed E-state index contributed by atoms with van der Waals surface area (Å²) < 4.78 is 14.7. The highest BCUT2D eigenvalue weighted by Gasteiger charge is 2.36. The number of hydrogen-bond donors (Lipinski definition) is 0. The normalized spacial score (nSPS) is 17.3. The maximum Gasteiger partial charge on any atom is 0.128 e. The molecule has 0 bridgehead atoms. The van der Waals surface area contributed by atoms with Crippen LogP contribution in [0.25, 0.3) is 16.6 Å². The molecule has 1 atom stereocenters. The molecule has 3 heterocycles. The molecule has 2 aromatic rings. The first-order valence-electron chi connectivity index (χ1n) is 12.7. The molecule has 1 unspecified atom stereocenters. The quantitative estimate of drug-likeness (QED) is 0.432. The van der Waals surface area contributed by atoms with Crippen molar-refractivity contribution in [1.29, 1.82) is 0 Å². The van der Waals surface area contributed by atoms with E-state index in [4.69, 9.17) is 4.98 Å². The monoisotopic (exact) mass is 444 g/mol. The van der Waals surface area contributed by atoms with E-state index in [9.17, 15) is 4.39 Å². The smallest absolute Gasteiger partial charge is 0.128 e. The standard InChI is InChI=1S/C28H31FN2.C2H6/c1-6-10-20-17(5)31-15-23-21-12-9-11-19-16(4)24(29)14-25(27(19)21)30-28(23)26(31)13-22(20)18(7-2)8-3;1-2/h7,13-14,18H,2,5-6,8-12,15H2,1,3-4H3;1-2H3. The fourth-order valence-corrected chi connectivity index (χ4v) is 5.81. The summed E-state index contributed by atoms with van der Waals surface area (Å²) in [6.07, 6.45) is 10.6. The van der Waals surface area contributed by atoms with Gasteiger partial charge in [-0.25, -0.2) is 9.37 Å². The molecule has 0 spiro atoms. The number of allylic oxidation sites excluding steroid dienone is 4. The fourth-order valence-electron chi connectivity index (χ4n) is 5.81. The van der Waals surface area contributed by atoms with E-state index in [1.165, 1.54) is 27.7 Å². The highest BCUT2D eigenvalue weighted by atomic mass is 19.1. The maximum atomic E-state index is 14.7. The number of rotatable bonds is 5. The minimum absolute atomic E-state index is 0.136. The molecule has 0 N–H and O–H groups in total. The van der Waals surface area contributed by atoms with E-state index in [0.29, 0.717) is 5.92 Å². The largest absolute Gasteiger partial charge is 0.335 e. The third kappa shape index (κ3) is 3.57. The predicted molar refractivity (Wildman–Crippen MR) is 138 cm³/mol. The topological polar surface area (TPSA) is 16.1 Å². The summed E-state index contributed by atoms with van der Waals surface area (Å²) in [6.45, 7) is 19.8. The molecule has 0 saturated carbocycles. The average molecular weight is 445 g/mol. The number of aryl methyl sites for hydroxylation is 2. The summed E-state index contributed by atoms with van der Waals surface area (Å²) in [5.74, 6) is 0.172. The first-order valence-corrected chi connectivity index (χ1v) is 12.7. The Hall–Kier alpha value is -2.68. The number of pyridine rings is 1. The molecule has 5 rings (SSSR count). The number of aromatic nitrogens is 1. The van der Waals surface area contributed by atoms with Crippen LogP contribution in [0.15, 0.2) is 48.2 Å². The van der Waals surface area contributed by atoms with Gasteiger partial charge < -0.3 is 4.90 Å². The second-order valence-electron chi connectivity index (χ2n) is 9.12. The first-order chi connectivity index (χ1) is 16.0. The molecule has 0 saturated heterocycles. The SMILES string of the molecule is C=CC(CC)C1=C(CCC)C(=C)N2Cc3c(nc4cc(F)c(C)c5c4c3CCC5)C2=C1.CC. The summed E-state index contributed by atoms with van der Waals surface area (Å²) in [6, 6.07) is 1.64. The maximum absolute atomic E-state index is 14.7. The Labute approximate surface area is 198 Å². The number of fused-ring (bicyclic) bond motifs is 4. The second-order valence-corrected chi connectivity index (χ2v) is 9.12. The number of benzene rings is 1.